The van der Waals surface area contributed by atoms with Crippen LogP contribution in [0.5, 0.6) is 11.5 Å². The number of fused-ring (bicyclic) bond motifs is 1. The first-order chi connectivity index (χ1) is 14.1. The van der Waals surface area contributed by atoms with E-state index in [1.807, 2.05) is 68.7 Å². The van der Waals surface area contributed by atoms with Gasteiger partial charge in [-0.15, -0.1) is 0 Å². The lowest BCUT2D eigenvalue weighted by Crippen LogP contribution is -2.25. The lowest BCUT2D eigenvalue weighted by molar-refractivity contribution is 0.399. The van der Waals surface area contributed by atoms with E-state index in [-0.39, 0.29) is 11.7 Å². The molecule has 3 aromatic carbocycles. The molecule has 0 N–H and O–H groups in total. The van der Waals surface area contributed by atoms with Gasteiger partial charge < -0.3 is 14.4 Å². The molecule has 4 rings (SSSR count). The summed E-state index contributed by atoms with van der Waals surface area (Å²) < 4.78 is 25.7. The van der Waals surface area contributed by atoms with Gasteiger partial charge in [0.2, 0.25) is 0 Å². The predicted octanol–water partition coefficient (Wildman–Crippen LogP) is 5.33. The number of methoxy groups -OCH3 is 1. The van der Waals surface area contributed by atoms with Gasteiger partial charge in [-0.25, -0.2) is 4.39 Å². The molecule has 0 saturated heterocycles. The van der Waals surface area contributed by atoms with Crippen LogP contribution in [-0.4, -0.2) is 32.6 Å². The molecule has 0 aromatic heterocycles. The summed E-state index contributed by atoms with van der Waals surface area (Å²) in [6, 6.07) is 22.7. The van der Waals surface area contributed by atoms with E-state index in [4.69, 9.17) is 9.47 Å². The van der Waals surface area contributed by atoms with Gasteiger partial charge in [-0.3, -0.25) is 0 Å². The molecule has 0 amide bonds. The van der Waals surface area contributed by atoms with Crippen LogP contribution in [0.4, 0.5) is 4.39 Å². The van der Waals surface area contributed by atoms with E-state index in [0.29, 0.717) is 6.54 Å². The molecule has 3 aromatic rings. The lowest BCUT2D eigenvalue weighted by Gasteiger charge is -2.33. The third-order valence-electron chi connectivity index (χ3n) is 5.12. The zero-order valence-corrected chi connectivity index (χ0v) is 16.9. The van der Waals surface area contributed by atoms with E-state index in [1.165, 1.54) is 12.1 Å². The third-order valence-corrected chi connectivity index (χ3v) is 5.12. The zero-order valence-electron chi connectivity index (χ0n) is 16.9. The maximum Gasteiger partial charge on any atom is 0.139 e. The summed E-state index contributed by atoms with van der Waals surface area (Å²) in [6.45, 7) is 0.698. The van der Waals surface area contributed by atoms with Crippen molar-refractivity contribution in [3.8, 4) is 11.5 Å². The van der Waals surface area contributed by atoms with Gasteiger partial charge >= 0.3 is 0 Å². The summed E-state index contributed by atoms with van der Waals surface area (Å²) in [4.78, 5) is 2.12. The lowest BCUT2D eigenvalue weighted by atomic mass is 9.81. The Hall–Kier alpha value is -3.11. The molecule has 4 heteroatoms. The molecule has 0 aliphatic carbocycles. The number of halogens is 1. The average molecular weight is 389 g/mol. The number of hydrogen-bond acceptors (Lipinski definition) is 3. The number of rotatable bonds is 5. The molecule has 0 saturated carbocycles. The summed E-state index contributed by atoms with van der Waals surface area (Å²) in [7, 11) is 5.74. The monoisotopic (exact) mass is 389 g/mol. The smallest absolute Gasteiger partial charge is 0.139 e. The van der Waals surface area contributed by atoms with Crippen molar-refractivity contribution >= 4 is 5.76 Å². The minimum Gasteiger partial charge on any atom is -0.496 e. The summed E-state index contributed by atoms with van der Waals surface area (Å²) in [5.74, 6) is 2.09. The molecule has 148 valence electrons. The van der Waals surface area contributed by atoms with E-state index < -0.39 is 0 Å². The number of hydrogen-bond donors (Lipinski definition) is 0. The summed E-state index contributed by atoms with van der Waals surface area (Å²) in [6.07, 6.45) is 0. The molecule has 1 heterocycles. The molecule has 0 spiro atoms. The first kappa shape index (κ1) is 19.2. The molecule has 0 bridgehead atoms. The second-order valence-electron chi connectivity index (χ2n) is 7.42. The molecule has 0 radical (unpaired) electrons. The summed E-state index contributed by atoms with van der Waals surface area (Å²) in [5, 5.41) is 0. The van der Waals surface area contributed by atoms with Crippen molar-refractivity contribution in [1.82, 2.24) is 4.90 Å². The van der Waals surface area contributed by atoms with Crippen LogP contribution in [0, 0.1) is 5.82 Å². The fraction of sp³-hybridized carbons (Fsp3) is 0.200. The Balaban J connectivity index is 1.98. The Morgan fingerprint density at radius 2 is 1.62 bits per heavy atom. The molecule has 0 unspecified atom stereocenters. The topological polar surface area (TPSA) is 21.7 Å². The second-order valence-corrected chi connectivity index (χ2v) is 7.42. The van der Waals surface area contributed by atoms with Crippen molar-refractivity contribution in [2.45, 2.75) is 5.92 Å². The maximum atomic E-state index is 13.6. The summed E-state index contributed by atoms with van der Waals surface area (Å²) in [5.41, 5.74) is 4.14. The number of likely N-dealkylation sites (N-methyl/N-ethyl adjacent to an activating group) is 1. The SMILES string of the molecule is COc1ccccc1C1=C(CN(C)C)[C@@H](c2ccc(F)cc2)c2ccccc2O1. The minimum absolute atomic E-state index is 0.0390. The Kier molecular flexibility index (Phi) is 5.36. The van der Waals surface area contributed by atoms with E-state index in [2.05, 4.69) is 11.0 Å². The molecular weight excluding hydrogens is 365 g/mol. The Morgan fingerprint density at radius 1 is 0.931 bits per heavy atom. The summed E-state index contributed by atoms with van der Waals surface area (Å²) >= 11 is 0. The van der Waals surface area contributed by atoms with Crippen LogP contribution in [0.15, 0.2) is 78.4 Å². The van der Waals surface area contributed by atoms with Crippen LogP contribution in [0.2, 0.25) is 0 Å². The number of ether oxygens (including phenoxy) is 2. The second kappa shape index (κ2) is 8.10. The number of nitrogens with zero attached hydrogens (tertiary/aromatic N) is 1. The van der Waals surface area contributed by atoms with Crippen molar-refractivity contribution in [1.29, 1.82) is 0 Å². The van der Waals surface area contributed by atoms with Gasteiger partial charge in [0.05, 0.1) is 12.7 Å². The normalized spacial score (nSPS) is 15.8. The van der Waals surface area contributed by atoms with Crippen LogP contribution < -0.4 is 9.47 Å². The van der Waals surface area contributed by atoms with Gasteiger partial charge in [0.25, 0.3) is 0 Å². The zero-order chi connectivity index (χ0) is 20.4. The van der Waals surface area contributed by atoms with Crippen molar-refractivity contribution in [2.75, 3.05) is 27.7 Å². The highest BCUT2D eigenvalue weighted by Gasteiger charge is 2.32. The largest absolute Gasteiger partial charge is 0.496 e. The average Bonchev–Trinajstić information content (AvgIpc) is 2.73. The maximum absolute atomic E-state index is 13.6. The number of benzene rings is 3. The first-order valence-corrected chi connectivity index (χ1v) is 9.62. The van der Waals surface area contributed by atoms with Crippen molar-refractivity contribution in [3.63, 3.8) is 0 Å². The van der Waals surface area contributed by atoms with E-state index in [1.54, 1.807) is 7.11 Å². The van der Waals surface area contributed by atoms with Gasteiger partial charge in [-0.1, -0.05) is 42.5 Å². The van der Waals surface area contributed by atoms with Crippen LogP contribution >= 0.6 is 0 Å². The standard InChI is InChI=1S/C25H24FNO2/c1-27(2)16-21-24(17-12-14-18(26)15-13-17)19-8-4-7-11-23(19)29-25(21)20-9-5-6-10-22(20)28-3/h4-15,24H,16H2,1-3H3/t24-/m0/s1. The molecule has 1 aliphatic rings. The minimum atomic E-state index is -0.239. The van der Waals surface area contributed by atoms with Gasteiger partial charge in [0.15, 0.2) is 0 Å². The predicted molar refractivity (Wildman–Crippen MR) is 114 cm³/mol. The van der Waals surface area contributed by atoms with E-state index in [9.17, 15) is 4.39 Å². The van der Waals surface area contributed by atoms with Crippen LogP contribution in [0.25, 0.3) is 5.76 Å². The Bertz CT molecular complexity index is 1040. The van der Waals surface area contributed by atoms with E-state index >= 15 is 0 Å². The van der Waals surface area contributed by atoms with Gasteiger partial charge in [-0.05, 0) is 55.6 Å². The fourth-order valence-corrected chi connectivity index (χ4v) is 3.91. The highest BCUT2D eigenvalue weighted by molar-refractivity contribution is 5.75. The van der Waals surface area contributed by atoms with Crippen LogP contribution in [0.1, 0.15) is 22.6 Å². The first-order valence-electron chi connectivity index (χ1n) is 9.62. The highest BCUT2D eigenvalue weighted by Crippen LogP contribution is 2.47. The van der Waals surface area contributed by atoms with E-state index in [0.717, 1.165) is 39.5 Å². The van der Waals surface area contributed by atoms with Crippen LogP contribution in [-0.2, 0) is 0 Å². The van der Waals surface area contributed by atoms with Crippen molar-refractivity contribution < 1.29 is 13.9 Å². The molecule has 1 atom stereocenters. The fourth-order valence-electron chi connectivity index (χ4n) is 3.91. The van der Waals surface area contributed by atoms with Gasteiger partial charge in [-0.2, -0.15) is 0 Å². The molecule has 1 aliphatic heterocycles. The molecular formula is C25H24FNO2. The highest BCUT2D eigenvalue weighted by atomic mass is 19.1. The number of para-hydroxylation sites is 2. The van der Waals surface area contributed by atoms with Crippen molar-refractivity contribution in [2.24, 2.45) is 0 Å². The molecule has 0 fully saturated rings. The Morgan fingerprint density at radius 3 is 2.34 bits per heavy atom. The van der Waals surface area contributed by atoms with Crippen LogP contribution in [0.3, 0.4) is 0 Å². The van der Waals surface area contributed by atoms with Gasteiger partial charge in [0, 0.05) is 18.0 Å². The molecule has 29 heavy (non-hydrogen) atoms. The van der Waals surface area contributed by atoms with Crippen molar-refractivity contribution in [3.05, 3.63) is 101 Å². The quantitative estimate of drug-likeness (QED) is 0.589. The third kappa shape index (κ3) is 3.76. The van der Waals surface area contributed by atoms with Gasteiger partial charge in [0.1, 0.15) is 23.1 Å². The molecule has 3 nitrogen and oxygen atoms in total. The Labute approximate surface area is 171 Å².